The standard InChI is InChI=1S/C19H24N2O3S/c1-6-14-7-9-15(10-8-14)18-21-12(4)16(25-18)19(23)24-13(5)17(22)20-11(2)3/h7-11,13H,6H2,1-5H3,(H,20,22)/t13-/m1/s1. The van der Waals surface area contributed by atoms with Crippen LogP contribution in [0.5, 0.6) is 0 Å². The van der Waals surface area contributed by atoms with Gasteiger partial charge in [0.15, 0.2) is 6.10 Å². The van der Waals surface area contributed by atoms with Gasteiger partial charge in [0.2, 0.25) is 0 Å². The minimum absolute atomic E-state index is 0.00325. The van der Waals surface area contributed by atoms with Crippen molar-refractivity contribution in [2.24, 2.45) is 0 Å². The lowest BCUT2D eigenvalue weighted by atomic mass is 10.1. The minimum atomic E-state index is -0.844. The Kier molecular flexibility index (Phi) is 6.31. The van der Waals surface area contributed by atoms with Crippen LogP contribution in [0.3, 0.4) is 0 Å². The number of aromatic nitrogens is 1. The molecule has 134 valence electrons. The number of rotatable bonds is 6. The highest BCUT2D eigenvalue weighted by Crippen LogP contribution is 2.29. The van der Waals surface area contributed by atoms with Gasteiger partial charge in [-0.05, 0) is 39.7 Å². The Morgan fingerprint density at radius 1 is 1.20 bits per heavy atom. The summed E-state index contributed by atoms with van der Waals surface area (Å²) in [5, 5.41) is 3.50. The predicted molar refractivity (Wildman–Crippen MR) is 99.8 cm³/mol. The lowest BCUT2D eigenvalue weighted by Gasteiger charge is -2.14. The van der Waals surface area contributed by atoms with Gasteiger partial charge in [0.25, 0.3) is 5.91 Å². The number of hydrogen-bond donors (Lipinski definition) is 1. The number of nitrogens with one attached hydrogen (secondary N) is 1. The average molecular weight is 360 g/mol. The van der Waals surface area contributed by atoms with E-state index in [-0.39, 0.29) is 11.9 Å². The summed E-state index contributed by atoms with van der Waals surface area (Å²) < 4.78 is 5.29. The molecule has 0 fully saturated rings. The Hall–Kier alpha value is -2.21. The Bertz CT molecular complexity index is 751. The first kappa shape index (κ1) is 19.1. The van der Waals surface area contributed by atoms with Crippen LogP contribution in [0.25, 0.3) is 10.6 Å². The number of ether oxygens (including phenoxy) is 1. The number of esters is 1. The second-order valence-electron chi connectivity index (χ2n) is 6.19. The molecule has 5 nitrogen and oxygen atoms in total. The van der Waals surface area contributed by atoms with Crippen LogP contribution in [0.15, 0.2) is 24.3 Å². The van der Waals surface area contributed by atoms with Crippen LogP contribution in [0.4, 0.5) is 0 Å². The first-order valence-corrected chi connectivity index (χ1v) is 9.21. The molecular formula is C19H24N2O3S. The fourth-order valence-electron chi connectivity index (χ4n) is 2.26. The topological polar surface area (TPSA) is 68.3 Å². The molecule has 25 heavy (non-hydrogen) atoms. The molecule has 0 aliphatic rings. The van der Waals surface area contributed by atoms with E-state index in [1.807, 2.05) is 26.0 Å². The maximum atomic E-state index is 12.4. The van der Waals surface area contributed by atoms with Gasteiger partial charge >= 0.3 is 5.97 Å². The molecule has 1 aromatic carbocycles. The summed E-state index contributed by atoms with van der Waals surface area (Å²) in [5.74, 6) is -0.821. The van der Waals surface area contributed by atoms with E-state index in [0.717, 1.165) is 17.0 Å². The van der Waals surface area contributed by atoms with Crippen molar-refractivity contribution >= 4 is 23.2 Å². The zero-order valence-electron chi connectivity index (χ0n) is 15.3. The maximum absolute atomic E-state index is 12.4. The highest BCUT2D eigenvalue weighted by atomic mass is 32.1. The number of aryl methyl sites for hydroxylation is 2. The van der Waals surface area contributed by atoms with Crippen LogP contribution < -0.4 is 5.32 Å². The van der Waals surface area contributed by atoms with Gasteiger partial charge < -0.3 is 10.1 Å². The minimum Gasteiger partial charge on any atom is -0.448 e. The summed E-state index contributed by atoms with van der Waals surface area (Å²) in [6.07, 6.45) is 0.133. The molecule has 1 N–H and O–H groups in total. The Balaban J connectivity index is 2.13. The number of nitrogens with zero attached hydrogens (tertiary/aromatic N) is 1. The van der Waals surface area contributed by atoms with Gasteiger partial charge in [0.05, 0.1) is 5.69 Å². The fourth-order valence-corrected chi connectivity index (χ4v) is 3.22. The Morgan fingerprint density at radius 2 is 1.84 bits per heavy atom. The SMILES string of the molecule is CCc1ccc(-c2nc(C)c(C(=O)O[C@H](C)C(=O)NC(C)C)s2)cc1. The van der Waals surface area contributed by atoms with Crippen molar-refractivity contribution in [3.05, 3.63) is 40.4 Å². The summed E-state index contributed by atoms with van der Waals surface area (Å²) in [6.45, 7) is 9.16. The smallest absolute Gasteiger partial charge is 0.351 e. The molecule has 6 heteroatoms. The third kappa shape index (κ3) is 4.89. The second-order valence-corrected chi connectivity index (χ2v) is 7.19. The zero-order valence-corrected chi connectivity index (χ0v) is 16.1. The molecule has 0 saturated heterocycles. The van der Waals surface area contributed by atoms with E-state index in [9.17, 15) is 9.59 Å². The van der Waals surface area contributed by atoms with Crippen molar-refractivity contribution in [3.8, 4) is 10.6 Å². The quantitative estimate of drug-likeness (QED) is 0.797. The molecule has 0 aliphatic carbocycles. The zero-order chi connectivity index (χ0) is 18.6. The molecule has 1 heterocycles. The molecule has 0 aliphatic heterocycles. The summed E-state index contributed by atoms with van der Waals surface area (Å²) in [4.78, 5) is 29.2. The summed E-state index contributed by atoms with van der Waals surface area (Å²) >= 11 is 1.28. The summed E-state index contributed by atoms with van der Waals surface area (Å²) in [6, 6.07) is 8.12. The van der Waals surface area contributed by atoms with Crippen molar-refractivity contribution in [1.82, 2.24) is 10.3 Å². The highest BCUT2D eigenvalue weighted by molar-refractivity contribution is 7.17. The number of thiazole rings is 1. The van der Waals surface area contributed by atoms with E-state index in [1.54, 1.807) is 13.8 Å². The molecule has 2 aromatic rings. The molecular weight excluding hydrogens is 336 g/mol. The van der Waals surface area contributed by atoms with Crippen molar-refractivity contribution < 1.29 is 14.3 Å². The van der Waals surface area contributed by atoms with E-state index >= 15 is 0 Å². The number of benzene rings is 1. The highest BCUT2D eigenvalue weighted by Gasteiger charge is 2.23. The van der Waals surface area contributed by atoms with Crippen molar-refractivity contribution in [3.63, 3.8) is 0 Å². The lowest BCUT2D eigenvalue weighted by Crippen LogP contribution is -2.39. The summed E-state index contributed by atoms with van der Waals surface area (Å²) in [5.41, 5.74) is 2.83. The molecule has 0 radical (unpaired) electrons. The first-order chi connectivity index (χ1) is 11.8. The van der Waals surface area contributed by atoms with Gasteiger partial charge in [-0.15, -0.1) is 11.3 Å². The number of hydrogen-bond acceptors (Lipinski definition) is 5. The van der Waals surface area contributed by atoms with Gasteiger partial charge in [-0.3, -0.25) is 4.79 Å². The number of amides is 1. The second kappa shape index (κ2) is 8.25. The summed E-state index contributed by atoms with van der Waals surface area (Å²) in [7, 11) is 0. The third-order valence-corrected chi connectivity index (χ3v) is 4.86. The van der Waals surface area contributed by atoms with E-state index in [1.165, 1.54) is 16.9 Å². The van der Waals surface area contributed by atoms with Gasteiger partial charge in [-0.2, -0.15) is 0 Å². The lowest BCUT2D eigenvalue weighted by molar-refractivity contribution is -0.129. The van der Waals surface area contributed by atoms with E-state index in [4.69, 9.17) is 4.74 Å². The van der Waals surface area contributed by atoms with Crippen LogP contribution in [0.1, 0.15) is 48.6 Å². The fraction of sp³-hybridized carbons (Fsp3) is 0.421. The van der Waals surface area contributed by atoms with Gasteiger partial charge in [0, 0.05) is 11.6 Å². The van der Waals surface area contributed by atoms with Crippen LogP contribution >= 0.6 is 11.3 Å². The predicted octanol–water partition coefficient (Wildman–Crippen LogP) is 3.75. The van der Waals surface area contributed by atoms with Gasteiger partial charge in [-0.25, -0.2) is 9.78 Å². The molecule has 1 aromatic heterocycles. The molecule has 2 rings (SSSR count). The van der Waals surface area contributed by atoms with E-state index < -0.39 is 12.1 Å². The first-order valence-electron chi connectivity index (χ1n) is 8.39. The third-order valence-electron chi connectivity index (χ3n) is 3.68. The molecule has 1 amide bonds. The van der Waals surface area contributed by atoms with E-state index in [2.05, 4.69) is 29.4 Å². The molecule has 0 spiro atoms. The molecule has 1 atom stereocenters. The molecule has 0 unspecified atom stereocenters. The van der Waals surface area contributed by atoms with Crippen LogP contribution in [-0.2, 0) is 16.0 Å². The Morgan fingerprint density at radius 3 is 2.40 bits per heavy atom. The van der Waals surface area contributed by atoms with Crippen LogP contribution in [0, 0.1) is 6.92 Å². The molecule has 0 bridgehead atoms. The van der Waals surface area contributed by atoms with Crippen molar-refractivity contribution in [2.75, 3.05) is 0 Å². The van der Waals surface area contributed by atoms with Crippen molar-refractivity contribution in [2.45, 2.75) is 53.2 Å². The van der Waals surface area contributed by atoms with Gasteiger partial charge in [-0.1, -0.05) is 31.2 Å². The monoisotopic (exact) mass is 360 g/mol. The van der Waals surface area contributed by atoms with Crippen LogP contribution in [0.2, 0.25) is 0 Å². The number of carbonyl (C=O) groups is 2. The average Bonchev–Trinajstić information content (AvgIpc) is 2.96. The normalized spacial score (nSPS) is 12.1. The van der Waals surface area contributed by atoms with Gasteiger partial charge in [0.1, 0.15) is 9.88 Å². The number of carbonyl (C=O) groups excluding carboxylic acids is 2. The van der Waals surface area contributed by atoms with E-state index in [0.29, 0.717) is 10.6 Å². The largest absolute Gasteiger partial charge is 0.448 e. The molecule has 0 saturated carbocycles. The van der Waals surface area contributed by atoms with Crippen molar-refractivity contribution in [1.29, 1.82) is 0 Å². The van der Waals surface area contributed by atoms with Crippen LogP contribution in [-0.4, -0.2) is 29.0 Å². The maximum Gasteiger partial charge on any atom is 0.351 e. The Labute approximate surface area is 152 Å².